The van der Waals surface area contributed by atoms with Crippen molar-refractivity contribution in [1.82, 2.24) is 0 Å². The van der Waals surface area contributed by atoms with Crippen LogP contribution in [0.4, 0.5) is 11.4 Å². The molecule has 0 aliphatic heterocycles. The number of aryl methyl sites for hydroxylation is 1. The van der Waals surface area contributed by atoms with Gasteiger partial charge in [-0.3, -0.25) is 14.9 Å². The van der Waals surface area contributed by atoms with Gasteiger partial charge in [0.2, 0.25) is 0 Å². The summed E-state index contributed by atoms with van der Waals surface area (Å²) in [6.45, 7) is 1.81. The fourth-order valence-corrected chi connectivity index (χ4v) is 2.71. The number of amides is 1. The van der Waals surface area contributed by atoms with Gasteiger partial charge in [-0.2, -0.15) is 0 Å². The summed E-state index contributed by atoms with van der Waals surface area (Å²) in [6, 6.07) is 9.91. The maximum atomic E-state index is 12.3. The largest absolute Gasteiger partial charge is 0.316 e. The van der Waals surface area contributed by atoms with Crippen LogP contribution in [0.1, 0.15) is 15.9 Å². The average molecular weight is 461 g/mol. The number of nitrogens with zero attached hydrogens (tertiary/aromatic N) is 1. The number of nitro groups is 1. The number of nitro benzene ring substituents is 1. The Hall–Kier alpha value is -1.48. The van der Waals surface area contributed by atoms with Gasteiger partial charge in [0.15, 0.2) is 0 Å². The first-order chi connectivity index (χ1) is 9.88. The molecule has 2 aromatic carbocycles. The lowest BCUT2D eigenvalue weighted by Gasteiger charge is -2.08. The van der Waals surface area contributed by atoms with Crippen LogP contribution in [0.25, 0.3) is 0 Å². The molecule has 0 radical (unpaired) electrons. The van der Waals surface area contributed by atoms with Crippen LogP contribution in [0.2, 0.25) is 0 Å². The van der Waals surface area contributed by atoms with E-state index in [0.717, 1.165) is 13.6 Å². The molecule has 1 N–H and O–H groups in total. The molecule has 0 bridgehead atoms. The standard InChI is InChI=1S/C14H10BrIN2O3/c1-8-2-5-13(18(20)21)12(6-8)17-14(19)10-7-9(15)3-4-11(10)16/h2-7H,1H3,(H,17,19). The number of nitrogens with one attached hydrogen (secondary N) is 1. The number of carbonyl (C=O) groups is 1. The van der Waals surface area contributed by atoms with E-state index in [2.05, 4.69) is 21.2 Å². The Morgan fingerprint density at radius 2 is 2.00 bits per heavy atom. The van der Waals surface area contributed by atoms with Gasteiger partial charge in [0, 0.05) is 14.1 Å². The molecule has 1 amide bonds. The van der Waals surface area contributed by atoms with Gasteiger partial charge in [0.25, 0.3) is 11.6 Å². The molecule has 21 heavy (non-hydrogen) atoms. The van der Waals surface area contributed by atoms with Gasteiger partial charge in [0.1, 0.15) is 5.69 Å². The summed E-state index contributed by atoms with van der Waals surface area (Å²) in [7, 11) is 0. The first-order valence-electron chi connectivity index (χ1n) is 5.90. The molecule has 0 aliphatic rings. The van der Waals surface area contributed by atoms with Crippen molar-refractivity contribution in [3.8, 4) is 0 Å². The average Bonchev–Trinajstić information content (AvgIpc) is 2.41. The van der Waals surface area contributed by atoms with Crippen LogP contribution in [0.3, 0.4) is 0 Å². The monoisotopic (exact) mass is 460 g/mol. The molecule has 0 spiro atoms. The molecule has 0 aliphatic carbocycles. The zero-order valence-electron chi connectivity index (χ0n) is 10.9. The highest BCUT2D eigenvalue weighted by molar-refractivity contribution is 14.1. The molecule has 2 rings (SSSR count). The Labute approximate surface area is 143 Å². The highest BCUT2D eigenvalue weighted by Gasteiger charge is 2.18. The molecule has 0 aromatic heterocycles. The van der Waals surface area contributed by atoms with E-state index in [4.69, 9.17) is 0 Å². The van der Waals surface area contributed by atoms with E-state index in [0.29, 0.717) is 5.56 Å². The number of hydrogen-bond donors (Lipinski definition) is 1. The summed E-state index contributed by atoms with van der Waals surface area (Å²) in [5.41, 5.74) is 1.36. The predicted octanol–water partition coefficient (Wildman–Crippen LogP) is 4.52. The first kappa shape index (κ1) is 15.9. The molecule has 0 atom stereocenters. The third kappa shape index (κ3) is 3.79. The van der Waals surface area contributed by atoms with E-state index in [-0.39, 0.29) is 17.3 Å². The molecule has 2 aromatic rings. The van der Waals surface area contributed by atoms with E-state index in [9.17, 15) is 14.9 Å². The van der Waals surface area contributed by atoms with Crippen LogP contribution in [0.15, 0.2) is 40.9 Å². The van der Waals surface area contributed by atoms with Crippen molar-refractivity contribution in [3.63, 3.8) is 0 Å². The van der Waals surface area contributed by atoms with Crippen LogP contribution >= 0.6 is 38.5 Å². The second-order valence-electron chi connectivity index (χ2n) is 4.36. The molecular weight excluding hydrogens is 451 g/mol. The zero-order valence-corrected chi connectivity index (χ0v) is 14.6. The van der Waals surface area contributed by atoms with Crippen molar-refractivity contribution >= 4 is 55.8 Å². The fourth-order valence-electron chi connectivity index (χ4n) is 1.77. The number of hydrogen-bond acceptors (Lipinski definition) is 3. The molecule has 0 saturated carbocycles. The molecule has 0 heterocycles. The lowest BCUT2D eigenvalue weighted by Crippen LogP contribution is -2.14. The summed E-state index contributed by atoms with van der Waals surface area (Å²) in [5.74, 6) is -0.380. The van der Waals surface area contributed by atoms with E-state index < -0.39 is 4.92 Å². The molecule has 0 unspecified atom stereocenters. The molecular formula is C14H10BrIN2O3. The summed E-state index contributed by atoms with van der Waals surface area (Å²) >= 11 is 5.36. The summed E-state index contributed by atoms with van der Waals surface area (Å²) < 4.78 is 1.54. The number of benzene rings is 2. The van der Waals surface area contributed by atoms with Crippen molar-refractivity contribution in [1.29, 1.82) is 0 Å². The van der Waals surface area contributed by atoms with E-state index in [1.165, 1.54) is 6.07 Å². The van der Waals surface area contributed by atoms with E-state index in [1.54, 1.807) is 24.3 Å². The second-order valence-corrected chi connectivity index (χ2v) is 6.43. The number of rotatable bonds is 3. The van der Waals surface area contributed by atoms with Crippen LogP contribution in [0, 0.1) is 20.6 Å². The first-order valence-corrected chi connectivity index (χ1v) is 7.77. The number of anilines is 1. The van der Waals surface area contributed by atoms with Crippen LogP contribution in [0.5, 0.6) is 0 Å². The highest BCUT2D eigenvalue weighted by Crippen LogP contribution is 2.27. The second kappa shape index (κ2) is 6.52. The number of halogens is 2. The molecule has 7 heteroatoms. The van der Waals surface area contributed by atoms with E-state index in [1.807, 2.05) is 35.6 Å². The molecule has 108 valence electrons. The van der Waals surface area contributed by atoms with Gasteiger partial charge in [-0.15, -0.1) is 0 Å². The summed E-state index contributed by atoms with van der Waals surface area (Å²) in [6.07, 6.45) is 0. The minimum Gasteiger partial charge on any atom is -0.316 e. The number of carbonyl (C=O) groups excluding carboxylic acids is 1. The molecule has 5 nitrogen and oxygen atoms in total. The summed E-state index contributed by atoms with van der Waals surface area (Å²) in [4.78, 5) is 22.8. The van der Waals surface area contributed by atoms with Gasteiger partial charge in [0.05, 0.1) is 10.5 Å². The van der Waals surface area contributed by atoms with Crippen LogP contribution in [-0.2, 0) is 0 Å². The maximum Gasteiger partial charge on any atom is 0.292 e. The van der Waals surface area contributed by atoms with Crippen LogP contribution < -0.4 is 5.32 Å². The van der Waals surface area contributed by atoms with Gasteiger partial charge >= 0.3 is 0 Å². The quantitative estimate of drug-likeness (QED) is 0.415. The lowest BCUT2D eigenvalue weighted by atomic mass is 10.1. The summed E-state index contributed by atoms with van der Waals surface area (Å²) in [5, 5.41) is 13.6. The Kier molecular flexibility index (Phi) is 4.94. The third-order valence-electron chi connectivity index (χ3n) is 2.77. The normalized spacial score (nSPS) is 10.2. The van der Waals surface area contributed by atoms with Gasteiger partial charge < -0.3 is 5.32 Å². The van der Waals surface area contributed by atoms with E-state index >= 15 is 0 Å². The topological polar surface area (TPSA) is 72.2 Å². The van der Waals surface area contributed by atoms with Crippen molar-refractivity contribution in [2.24, 2.45) is 0 Å². The molecule has 0 saturated heterocycles. The Morgan fingerprint density at radius 3 is 2.67 bits per heavy atom. The fraction of sp³-hybridized carbons (Fsp3) is 0.0714. The maximum absolute atomic E-state index is 12.3. The Balaban J connectivity index is 2.38. The van der Waals surface area contributed by atoms with Crippen molar-refractivity contribution in [2.75, 3.05) is 5.32 Å². The van der Waals surface area contributed by atoms with Crippen molar-refractivity contribution < 1.29 is 9.72 Å². The zero-order chi connectivity index (χ0) is 15.6. The van der Waals surface area contributed by atoms with Gasteiger partial charge in [-0.25, -0.2) is 0 Å². The predicted molar refractivity (Wildman–Crippen MR) is 92.6 cm³/mol. The van der Waals surface area contributed by atoms with Crippen molar-refractivity contribution in [2.45, 2.75) is 6.92 Å². The minimum absolute atomic E-state index is 0.126. The molecule has 0 fully saturated rings. The van der Waals surface area contributed by atoms with Gasteiger partial charge in [-0.1, -0.05) is 22.0 Å². The Morgan fingerprint density at radius 1 is 1.29 bits per heavy atom. The smallest absolute Gasteiger partial charge is 0.292 e. The Bertz CT molecular complexity index is 734. The van der Waals surface area contributed by atoms with Gasteiger partial charge in [-0.05, 0) is 59.3 Å². The minimum atomic E-state index is -0.513. The van der Waals surface area contributed by atoms with Crippen molar-refractivity contribution in [3.05, 3.63) is 65.7 Å². The van der Waals surface area contributed by atoms with Crippen LogP contribution in [-0.4, -0.2) is 10.8 Å². The SMILES string of the molecule is Cc1ccc([N+](=O)[O-])c(NC(=O)c2cc(Br)ccc2I)c1. The highest BCUT2D eigenvalue weighted by atomic mass is 127. The lowest BCUT2D eigenvalue weighted by molar-refractivity contribution is -0.383. The third-order valence-corrected chi connectivity index (χ3v) is 4.20.